The summed E-state index contributed by atoms with van der Waals surface area (Å²) in [6, 6.07) is 0. The van der Waals surface area contributed by atoms with E-state index in [1.807, 2.05) is 13.0 Å². The molecule has 142 valence electrons. The third-order valence-corrected chi connectivity index (χ3v) is 7.79. The number of rotatable bonds is 2. The van der Waals surface area contributed by atoms with E-state index in [2.05, 4.69) is 20.8 Å². The van der Waals surface area contributed by atoms with Crippen LogP contribution in [-0.4, -0.2) is 35.0 Å². The first-order valence-electron chi connectivity index (χ1n) is 9.80. The third-order valence-electron chi connectivity index (χ3n) is 7.79. The molecule has 4 heteroatoms. The summed E-state index contributed by atoms with van der Waals surface area (Å²) < 4.78 is 5.15. The van der Waals surface area contributed by atoms with Crippen LogP contribution in [0.2, 0.25) is 0 Å². The summed E-state index contributed by atoms with van der Waals surface area (Å²) in [6.45, 7) is 8.41. The second-order valence-corrected chi connectivity index (χ2v) is 9.45. The molecule has 0 aromatic carbocycles. The van der Waals surface area contributed by atoms with Gasteiger partial charge in [-0.2, -0.15) is 0 Å². The van der Waals surface area contributed by atoms with Gasteiger partial charge in [-0.05, 0) is 67.8 Å². The number of methoxy groups -OCH3 is 1. The maximum Gasteiger partial charge on any atom is 0.311 e. The maximum absolute atomic E-state index is 12.6. The minimum absolute atomic E-state index is 0.0134. The molecular weight excluding hydrogens is 316 g/mol. The second-order valence-electron chi connectivity index (χ2n) is 9.45. The SMILES string of the molecule is COC(=O)[C@]1(C)CCC[C@@]2(C)[C@H]1CC[C@]1(O)C=C(C(C)C)[C@@H](O)C[C@@H]21. The van der Waals surface area contributed by atoms with Crippen molar-refractivity contribution in [1.29, 1.82) is 0 Å². The van der Waals surface area contributed by atoms with Crippen LogP contribution in [0.1, 0.15) is 66.2 Å². The van der Waals surface area contributed by atoms with Gasteiger partial charge in [-0.15, -0.1) is 0 Å². The number of carbonyl (C=O) groups excluding carboxylic acids is 1. The number of aliphatic hydroxyl groups is 2. The van der Waals surface area contributed by atoms with Gasteiger partial charge < -0.3 is 14.9 Å². The van der Waals surface area contributed by atoms with E-state index < -0.39 is 17.1 Å². The van der Waals surface area contributed by atoms with Crippen molar-refractivity contribution in [1.82, 2.24) is 0 Å². The highest BCUT2D eigenvalue weighted by Crippen LogP contribution is 2.64. The number of ether oxygens (including phenoxy) is 1. The van der Waals surface area contributed by atoms with E-state index in [0.29, 0.717) is 12.8 Å². The summed E-state index contributed by atoms with van der Waals surface area (Å²) in [7, 11) is 1.47. The van der Waals surface area contributed by atoms with Crippen molar-refractivity contribution in [3.8, 4) is 0 Å². The lowest BCUT2D eigenvalue weighted by molar-refractivity contribution is -0.192. The molecule has 6 atom stereocenters. The van der Waals surface area contributed by atoms with Gasteiger partial charge in [0.2, 0.25) is 0 Å². The molecule has 3 aliphatic rings. The quantitative estimate of drug-likeness (QED) is 0.591. The van der Waals surface area contributed by atoms with Gasteiger partial charge in [-0.25, -0.2) is 0 Å². The van der Waals surface area contributed by atoms with Crippen LogP contribution >= 0.6 is 0 Å². The Morgan fingerprint density at radius 2 is 1.92 bits per heavy atom. The molecule has 0 saturated heterocycles. The van der Waals surface area contributed by atoms with E-state index in [4.69, 9.17) is 4.74 Å². The van der Waals surface area contributed by atoms with Crippen molar-refractivity contribution in [3.05, 3.63) is 11.6 Å². The highest BCUT2D eigenvalue weighted by molar-refractivity contribution is 5.77. The van der Waals surface area contributed by atoms with Gasteiger partial charge in [-0.1, -0.05) is 33.3 Å². The van der Waals surface area contributed by atoms with Gasteiger partial charge in [-0.3, -0.25) is 4.79 Å². The lowest BCUT2D eigenvalue weighted by atomic mass is 9.43. The Morgan fingerprint density at radius 1 is 1.24 bits per heavy atom. The Morgan fingerprint density at radius 3 is 2.52 bits per heavy atom. The van der Waals surface area contributed by atoms with E-state index in [-0.39, 0.29) is 29.1 Å². The Hall–Kier alpha value is -0.870. The zero-order valence-electron chi connectivity index (χ0n) is 16.3. The van der Waals surface area contributed by atoms with Crippen LogP contribution in [0, 0.1) is 28.6 Å². The monoisotopic (exact) mass is 350 g/mol. The van der Waals surface area contributed by atoms with Crippen LogP contribution in [0.3, 0.4) is 0 Å². The molecule has 0 amide bonds. The van der Waals surface area contributed by atoms with E-state index in [9.17, 15) is 15.0 Å². The standard InChI is InChI=1S/C21H34O4/c1-13(2)14-12-21(24)10-7-16-19(3,17(21)11-15(14)22)8-6-9-20(16,4)18(23)25-5/h12-13,15-17,22,24H,6-11H2,1-5H3/t15-,16+,17-,19-,20+,21-/m0/s1. The first-order valence-corrected chi connectivity index (χ1v) is 9.80. The van der Waals surface area contributed by atoms with E-state index >= 15 is 0 Å². The third kappa shape index (κ3) is 2.68. The van der Waals surface area contributed by atoms with Gasteiger partial charge in [0.05, 0.1) is 24.2 Å². The predicted molar refractivity (Wildman–Crippen MR) is 96.8 cm³/mol. The summed E-state index contributed by atoms with van der Waals surface area (Å²) in [4.78, 5) is 12.6. The van der Waals surface area contributed by atoms with Crippen molar-refractivity contribution in [2.75, 3.05) is 7.11 Å². The van der Waals surface area contributed by atoms with Crippen molar-refractivity contribution < 1.29 is 19.7 Å². The summed E-state index contributed by atoms with van der Waals surface area (Å²) in [5, 5.41) is 22.2. The van der Waals surface area contributed by atoms with Crippen molar-refractivity contribution in [2.24, 2.45) is 28.6 Å². The number of aliphatic hydroxyl groups excluding tert-OH is 1. The highest BCUT2D eigenvalue weighted by atomic mass is 16.5. The van der Waals surface area contributed by atoms with Gasteiger partial charge in [0.25, 0.3) is 0 Å². The molecule has 3 rings (SSSR count). The van der Waals surface area contributed by atoms with Crippen LogP contribution in [0.5, 0.6) is 0 Å². The lowest BCUT2D eigenvalue weighted by Crippen LogP contribution is -2.62. The molecule has 2 saturated carbocycles. The number of esters is 1. The average Bonchev–Trinajstić information content (AvgIpc) is 2.54. The van der Waals surface area contributed by atoms with E-state index in [0.717, 1.165) is 31.3 Å². The zero-order chi connectivity index (χ0) is 18.6. The smallest absolute Gasteiger partial charge is 0.311 e. The molecule has 0 spiro atoms. The number of fused-ring (bicyclic) bond motifs is 3. The summed E-state index contributed by atoms with van der Waals surface area (Å²) in [5.41, 5.74) is -0.546. The number of hydrogen-bond acceptors (Lipinski definition) is 4. The van der Waals surface area contributed by atoms with Gasteiger partial charge in [0.1, 0.15) is 0 Å². The van der Waals surface area contributed by atoms with Crippen molar-refractivity contribution in [3.63, 3.8) is 0 Å². The molecular formula is C21H34O4. The van der Waals surface area contributed by atoms with Gasteiger partial charge >= 0.3 is 5.97 Å². The predicted octanol–water partition coefficient (Wildman–Crippen LogP) is 3.46. The molecule has 0 aromatic heterocycles. The van der Waals surface area contributed by atoms with Crippen LogP contribution in [0.4, 0.5) is 0 Å². The Labute approximate surface area is 151 Å². The topological polar surface area (TPSA) is 66.8 Å². The average molecular weight is 350 g/mol. The highest BCUT2D eigenvalue weighted by Gasteiger charge is 2.63. The van der Waals surface area contributed by atoms with Gasteiger partial charge in [0.15, 0.2) is 0 Å². The Balaban J connectivity index is 2.02. The van der Waals surface area contributed by atoms with Crippen LogP contribution in [0.25, 0.3) is 0 Å². The molecule has 0 radical (unpaired) electrons. The van der Waals surface area contributed by atoms with Crippen LogP contribution in [-0.2, 0) is 9.53 Å². The summed E-state index contributed by atoms with van der Waals surface area (Å²) in [6.07, 6.45) is 6.34. The normalized spacial score (nSPS) is 46.9. The summed E-state index contributed by atoms with van der Waals surface area (Å²) >= 11 is 0. The molecule has 0 aromatic rings. The minimum atomic E-state index is -0.863. The fourth-order valence-corrected chi connectivity index (χ4v) is 6.52. The molecule has 2 fully saturated rings. The van der Waals surface area contributed by atoms with Crippen LogP contribution in [0.15, 0.2) is 11.6 Å². The minimum Gasteiger partial charge on any atom is -0.469 e. The molecule has 4 nitrogen and oxygen atoms in total. The van der Waals surface area contributed by atoms with Crippen molar-refractivity contribution in [2.45, 2.75) is 77.9 Å². The van der Waals surface area contributed by atoms with Gasteiger partial charge in [0, 0.05) is 0 Å². The number of hydrogen-bond donors (Lipinski definition) is 2. The molecule has 2 N–H and O–H groups in total. The molecule has 25 heavy (non-hydrogen) atoms. The molecule has 0 aliphatic heterocycles. The molecule has 0 unspecified atom stereocenters. The first-order chi connectivity index (χ1) is 11.6. The second kappa shape index (κ2) is 6.09. The largest absolute Gasteiger partial charge is 0.469 e. The van der Waals surface area contributed by atoms with E-state index in [1.165, 1.54) is 7.11 Å². The fraction of sp³-hybridized carbons (Fsp3) is 0.857. The summed E-state index contributed by atoms with van der Waals surface area (Å²) in [5.74, 6) is 0.286. The van der Waals surface area contributed by atoms with E-state index in [1.54, 1.807) is 0 Å². The fourth-order valence-electron chi connectivity index (χ4n) is 6.52. The van der Waals surface area contributed by atoms with Crippen molar-refractivity contribution >= 4 is 5.97 Å². The zero-order valence-corrected chi connectivity index (χ0v) is 16.3. The van der Waals surface area contributed by atoms with Crippen LogP contribution < -0.4 is 0 Å². The maximum atomic E-state index is 12.6. The molecule has 3 aliphatic carbocycles. The Bertz CT molecular complexity index is 582. The first kappa shape index (κ1) is 18.9. The molecule has 0 heterocycles. The Kier molecular flexibility index (Phi) is 4.61. The molecule has 0 bridgehead atoms. The number of carbonyl (C=O) groups is 1. The lowest BCUT2D eigenvalue weighted by Gasteiger charge is -2.62.